The largest absolute Gasteiger partial charge is 0.486 e. The Morgan fingerprint density at radius 1 is 1.36 bits per heavy atom. The molecule has 3 rings (SSSR count). The van der Waals surface area contributed by atoms with E-state index < -0.39 is 4.92 Å². The average molecular weight is 378 g/mol. The fraction of sp³-hybridized carbons (Fsp3) is 0.267. The van der Waals surface area contributed by atoms with Crippen molar-refractivity contribution in [2.24, 2.45) is 0 Å². The van der Waals surface area contributed by atoms with Crippen LogP contribution in [-0.2, 0) is 6.42 Å². The lowest BCUT2D eigenvalue weighted by Crippen LogP contribution is -2.02. The molecule has 8 nitrogen and oxygen atoms in total. The Hall–Kier alpha value is -2.46. The number of benzene rings is 1. The fourth-order valence-corrected chi connectivity index (χ4v) is 3.23. The number of ether oxygens (including phenoxy) is 1. The summed E-state index contributed by atoms with van der Waals surface area (Å²) in [6.45, 7) is 2.23. The van der Waals surface area contributed by atoms with Crippen molar-refractivity contribution in [2.75, 3.05) is 12.4 Å². The Kier molecular flexibility index (Phi) is 5.61. The quantitative estimate of drug-likeness (QED) is 0.254. The van der Waals surface area contributed by atoms with E-state index in [-0.39, 0.29) is 11.4 Å². The number of nitro groups is 1. The van der Waals surface area contributed by atoms with Gasteiger partial charge in [-0.2, -0.15) is 0 Å². The van der Waals surface area contributed by atoms with Gasteiger partial charge in [0.2, 0.25) is 5.89 Å². The molecular formula is C15H14N4O4S2. The van der Waals surface area contributed by atoms with Crippen LogP contribution in [0.5, 0.6) is 5.75 Å². The summed E-state index contributed by atoms with van der Waals surface area (Å²) in [5, 5.41) is 22.3. The number of rotatable bonds is 8. The number of aryl methyl sites for hydroxylation is 1. The van der Waals surface area contributed by atoms with Gasteiger partial charge in [0.1, 0.15) is 0 Å². The van der Waals surface area contributed by atoms with E-state index in [2.05, 4.69) is 15.2 Å². The highest BCUT2D eigenvalue weighted by Gasteiger charge is 2.14. The first-order valence-electron chi connectivity index (χ1n) is 7.34. The summed E-state index contributed by atoms with van der Waals surface area (Å²) >= 11 is 2.92. The molecule has 0 bridgehead atoms. The molecule has 25 heavy (non-hydrogen) atoms. The van der Waals surface area contributed by atoms with E-state index in [4.69, 9.17) is 9.15 Å². The van der Waals surface area contributed by atoms with E-state index in [1.807, 2.05) is 12.3 Å². The normalized spacial score (nSPS) is 10.8. The second-order valence-electron chi connectivity index (χ2n) is 4.92. The van der Waals surface area contributed by atoms with Crippen LogP contribution in [0.3, 0.4) is 0 Å². The van der Waals surface area contributed by atoms with Gasteiger partial charge in [-0.1, -0.05) is 23.9 Å². The predicted molar refractivity (Wildman–Crippen MR) is 93.3 cm³/mol. The molecule has 0 aliphatic carbocycles. The molecule has 0 unspecified atom stereocenters. The molecule has 1 aromatic carbocycles. The Labute approximate surface area is 151 Å². The van der Waals surface area contributed by atoms with Crippen LogP contribution in [0.1, 0.15) is 16.6 Å². The molecule has 0 atom stereocenters. The third-order valence-corrected chi connectivity index (χ3v) is 4.68. The van der Waals surface area contributed by atoms with Crippen molar-refractivity contribution in [3.8, 4) is 5.75 Å². The maximum atomic E-state index is 10.9. The third-order valence-electron chi connectivity index (χ3n) is 3.08. The zero-order chi connectivity index (χ0) is 17.6. The topological polar surface area (TPSA) is 104 Å². The van der Waals surface area contributed by atoms with E-state index >= 15 is 0 Å². The molecule has 10 heteroatoms. The first-order valence-corrected chi connectivity index (χ1v) is 9.21. The van der Waals surface area contributed by atoms with Crippen molar-refractivity contribution in [2.45, 2.75) is 18.6 Å². The molecule has 0 radical (unpaired) electrons. The Morgan fingerprint density at radius 2 is 2.20 bits per heavy atom. The highest BCUT2D eigenvalue weighted by atomic mass is 32.2. The summed E-state index contributed by atoms with van der Waals surface area (Å²) in [6, 6.07) is 6.28. The minimum Gasteiger partial charge on any atom is -0.486 e. The fourth-order valence-electron chi connectivity index (χ4n) is 2.02. The zero-order valence-corrected chi connectivity index (χ0v) is 14.9. The number of thiazole rings is 1. The van der Waals surface area contributed by atoms with Crippen LogP contribution in [0.2, 0.25) is 0 Å². The van der Waals surface area contributed by atoms with Crippen LogP contribution in [0.4, 0.5) is 5.69 Å². The minimum absolute atomic E-state index is 0.0499. The smallest absolute Gasteiger partial charge is 0.310 e. The molecule has 3 aromatic rings. The number of nitro benzene ring substituents is 1. The molecular weight excluding hydrogens is 364 g/mol. The first kappa shape index (κ1) is 17.4. The van der Waals surface area contributed by atoms with Crippen LogP contribution in [-0.4, -0.2) is 32.5 Å². The van der Waals surface area contributed by atoms with E-state index in [0.717, 1.165) is 10.7 Å². The van der Waals surface area contributed by atoms with Gasteiger partial charge in [0, 0.05) is 17.2 Å². The van der Waals surface area contributed by atoms with E-state index in [1.165, 1.54) is 17.8 Å². The Morgan fingerprint density at radius 3 is 2.96 bits per heavy atom. The van der Waals surface area contributed by atoms with Crippen LogP contribution >= 0.6 is 23.1 Å². The number of hydrogen-bond acceptors (Lipinski definition) is 9. The van der Waals surface area contributed by atoms with Gasteiger partial charge in [0.25, 0.3) is 5.22 Å². The van der Waals surface area contributed by atoms with Gasteiger partial charge in [0.05, 0.1) is 28.7 Å². The molecule has 2 aromatic heterocycles. The summed E-state index contributed by atoms with van der Waals surface area (Å²) in [5.74, 6) is 1.29. The second-order valence-corrected chi connectivity index (χ2v) is 7.03. The van der Waals surface area contributed by atoms with Crippen LogP contribution < -0.4 is 4.74 Å². The SMILES string of the molecule is Cc1nc(Cc2nnc(SCCOc3ccccc3[N+](=O)[O-])o2)cs1. The standard InChI is InChI=1S/C15H14N4O4S2/c1-10-16-11(9-25-10)8-14-17-18-15(23-14)24-7-6-22-13-5-3-2-4-12(13)19(20)21/h2-5,9H,6-8H2,1H3. The van der Waals surface area contributed by atoms with Crippen molar-refractivity contribution in [1.82, 2.24) is 15.2 Å². The molecule has 0 saturated heterocycles. The molecule has 0 fully saturated rings. The zero-order valence-electron chi connectivity index (χ0n) is 13.2. The first-order chi connectivity index (χ1) is 12.1. The molecule has 0 amide bonds. The van der Waals surface area contributed by atoms with Gasteiger partial charge < -0.3 is 9.15 Å². The highest BCUT2D eigenvalue weighted by molar-refractivity contribution is 7.99. The van der Waals surface area contributed by atoms with Crippen molar-refractivity contribution in [3.05, 3.63) is 56.4 Å². The van der Waals surface area contributed by atoms with Crippen molar-refractivity contribution in [1.29, 1.82) is 0 Å². The summed E-state index contributed by atoms with van der Waals surface area (Å²) in [4.78, 5) is 14.8. The molecule has 0 saturated carbocycles. The van der Waals surface area contributed by atoms with Crippen molar-refractivity contribution >= 4 is 28.8 Å². The molecule has 0 aliphatic rings. The maximum Gasteiger partial charge on any atom is 0.310 e. The number of aromatic nitrogens is 3. The Bertz CT molecular complexity index is 865. The van der Waals surface area contributed by atoms with Crippen molar-refractivity contribution in [3.63, 3.8) is 0 Å². The third kappa shape index (κ3) is 4.77. The molecule has 0 N–H and O–H groups in total. The van der Waals surface area contributed by atoms with Gasteiger partial charge >= 0.3 is 5.69 Å². The lowest BCUT2D eigenvalue weighted by Gasteiger charge is -2.05. The Balaban J connectivity index is 1.48. The number of hydrogen-bond donors (Lipinski definition) is 0. The van der Waals surface area contributed by atoms with Gasteiger partial charge in [-0.25, -0.2) is 4.98 Å². The van der Waals surface area contributed by atoms with Crippen LogP contribution in [0, 0.1) is 17.0 Å². The number of para-hydroxylation sites is 2. The van der Waals surface area contributed by atoms with Crippen LogP contribution in [0.15, 0.2) is 39.3 Å². The van der Waals surface area contributed by atoms with Crippen molar-refractivity contribution < 1.29 is 14.1 Å². The van der Waals surface area contributed by atoms with Crippen LogP contribution in [0.25, 0.3) is 0 Å². The second kappa shape index (κ2) is 8.08. The highest BCUT2D eigenvalue weighted by Crippen LogP contribution is 2.26. The molecule has 0 aliphatic heterocycles. The van der Waals surface area contributed by atoms with Gasteiger partial charge in [0.15, 0.2) is 5.75 Å². The van der Waals surface area contributed by atoms with E-state index in [0.29, 0.717) is 29.9 Å². The lowest BCUT2D eigenvalue weighted by atomic mass is 10.3. The monoisotopic (exact) mass is 378 g/mol. The summed E-state index contributed by atoms with van der Waals surface area (Å²) in [5.41, 5.74) is 0.855. The molecule has 0 spiro atoms. The minimum atomic E-state index is -0.465. The molecule has 130 valence electrons. The van der Waals surface area contributed by atoms with Gasteiger partial charge in [-0.3, -0.25) is 10.1 Å². The molecule has 2 heterocycles. The summed E-state index contributed by atoms with van der Waals surface area (Å²) < 4.78 is 11.0. The van der Waals surface area contributed by atoms with Gasteiger partial charge in [-0.15, -0.1) is 21.5 Å². The van der Waals surface area contributed by atoms with E-state index in [1.54, 1.807) is 29.5 Å². The average Bonchev–Trinajstić information content (AvgIpc) is 3.21. The van der Waals surface area contributed by atoms with E-state index in [9.17, 15) is 10.1 Å². The summed E-state index contributed by atoms with van der Waals surface area (Å²) in [6.07, 6.45) is 0.505. The maximum absolute atomic E-state index is 10.9. The number of nitrogens with zero attached hydrogens (tertiary/aromatic N) is 4. The van der Waals surface area contributed by atoms with Gasteiger partial charge in [-0.05, 0) is 13.0 Å². The predicted octanol–water partition coefficient (Wildman–Crippen LogP) is 3.50. The lowest BCUT2D eigenvalue weighted by molar-refractivity contribution is -0.385. The summed E-state index contributed by atoms with van der Waals surface area (Å²) in [7, 11) is 0. The number of thioether (sulfide) groups is 1.